The van der Waals surface area contributed by atoms with Gasteiger partial charge in [-0.2, -0.15) is 0 Å². The fraction of sp³-hybridized carbons (Fsp3) is 0.317. The minimum Gasteiger partial charge on any atom is -0.453 e. The number of para-hydroxylation sites is 1. The summed E-state index contributed by atoms with van der Waals surface area (Å²) in [5, 5.41) is 5.23. The van der Waals surface area contributed by atoms with Crippen molar-refractivity contribution in [2.75, 3.05) is 25.7 Å². The molecule has 14 nitrogen and oxygen atoms in total. The molecule has 1 unspecified atom stereocenters. The average molecular weight is 761 g/mol. The van der Waals surface area contributed by atoms with E-state index in [2.05, 4.69) is 35.3 Å². The minimum absolute atomic E-state index is 0.210. The topological polar surface area (TPSA) is 175 Å². The molecule has 0 aliphatic carbocycles. The van der Waals surface area contributed by atoms with Crippen molar-refractivity contribution in [2.45, 2.75) is 63.2 Å². The molecule has 3 aromatic carbocycles. The van der Waals surface area contributed by atoms with Crippen molar-refractivity contribution in [3.05, 3.63) is 102 Å². The van der Waals surface area contributed by atoms with Crippen LogP contribution in [0.3, 0.4) is 0 Å². The molecule has 15 heteroatoms. The molecule has 0 radical (unpaired) electrons. The van der Waals surface area contributed by atoms with Gasteiger partial charge in [0.05, 0.1) is 55.8 Å². The van der Waals surface area contributed by atoms with E-state index >= 15 is 4.39 Å². The highest BCUT2D eigenvalue weighted by Crippen LogP contribution is 2.45. The summed E-state index contributed by atoms with van der Waals surface area (Å²) < 4.78 is 25.2. The normalized spacial score (nSPS) is 19.3. The first kappa shape index (κ1) is 36.5. The molecule has 5 aromatic rings. The third kappa shape index (κ3) is 6.73. The summed E-state index contributed by atoms with van der Waals surface area (Å²) in [7, 11) is 2.52. The minimum atomic E-state index is -0.751. The molecule has 1 fully saturated rings. The summed E-state index contributed by atoms with van der Waals surface area (Å²) in [5.74, 6) is 0.370. The van der Waals surface area contributed by atoms with Gasteiger partial charge in [0.15, 0.2) is 0 Å². The number of amides is 4. The number of imidazole rings is 2. The number of aryl methyl sites for hydroxylation is 1. The Morgan fingerprint density at radius 3 is 2.23 bits per heavy atom. The zero-order chi connectivity index (χ0) is 39.1. The Morgan fingerprint density at radius 1 is 0.857 bits per heavy atom. The van der Waals surface area contributed by atoms with Crippen LogP contribution in [0.1, 0.15) is 61.0 Å². The summed E-state index contributed by atoms with van der Waals surface area (Å²) in [6.07, 6.45) is 5.20. The summed E-state index contributed by atoms with van der Waals surface area (Å²) in [4.78, 5) is 70.1. The second-order valence-corrected chi connectivity index (χ2v) is 14.3. The molecular weight excluding hydrogens is 719 g/mol. The third-order valence-electron chi connectivity index (χ3n) is 10.9. The molecule has 2 aromatic heterocycles. The van der Waals surface area contributed by atoms with E-state index in [4.69, 9.17) is 4.74 Å². The molecule has 0 spiro atoms. The predicted octanol–water partition coefficient (Wildman–Crippen LogP) is 5.98. The van der Waals surface area contributed by atoms with Crippen molar-refractivity contribution < 1.29 is 33.0 Å². The number of rotatable bonds is 8. The van der Waals surface area contributed by atoms with E-state index in [1.807, 2.05) is 48.5 Å². The number of anilines is 1. The van der Waals surface area contributed by atoms with Crippen LogP contribution in [-0.4, -0.2) is 81.7 Å². The van der Waals surface area contributed by atoms with E-state index in [-0.39, 0.29) is 17.9 Å². The number of likely N-dealkylation sites (tertiary alicyclic amines) is 1. The van der Waals surface area contributed by atoms with Crippen LogP contribution >= 0.6 is 0 Å². The number of nitrogens with one attached hydrogen (secondary N) is 4. The van der Waals surface area contributed by atoms with Crippen molar-refractivity contribution in [2.24, 2.45) is 0 Å². The van der Waals surface area contributed by atoms with Gasteiger partial charge < -0.3 is 35.0 Å². The van der Waals surface area contributed by atoms with Crippen LogP contribution in [-0.2, 0) is 31.9 Å². The molecule has 4 atom stereocenters. The molecule has 4 N–H and O–H groups in total. The van der Waals surface area contributed by atoms with Gasteiger partial charge in [-0.3, -0.25) is 14.5 Å². The van der Waals surface area contributed by atoms with Gasteiger partial charge in [-0.15, -0.1) is 0 Å². The molecule has 3 aliphatic rings. The lowest BCUT2D eigenvalue weighted by Crippen LogP contribution is -2.48. The maximum absolute atomic E-state index is 15.8. The lowest BCUT2D eigenvalue weighted by Gasteiger charge is -2.27. The van der Waals surface area contributed by atoms with E-state index in [0.717, 1.165) is 40.9 Å². The molecule has 288 valence electrons. The standard InChI is InChI=1S/C41H41FN8O6/c1-22(45-40(53)55-2)38(51)49-17-5-8-33(49)36-43-20-31(46-36)24-11-9-23(10-12-24)28-15-13-26(18-29(28)42)32-21-44-37(47-32)34-19-27-7-4-6-25-14-16-30(48-41(54)56-3)39(52)50(34)35(25)27/h4,6-7,9-13,15,18,20-22,30,33-34H,5,8,14,16-17,19H2,1-3H3,(H,43,46)(H,44,47)(H,45,53)(H,48,54)/t22?,30-,33-,34-/m0/s1. The van der Waals surface area contributed by atoms with Crippen molar-refractivity contribution >= 4 is 29.7 Å². The molecule has 0 saturated carbocycles. The summed E-state index contributed by atoms with van der Waals surface area (Å²) in [6.45, 7) is 2.18. The first-order valence-corrected chi connectivity index (χ1v) is 18.6. The highest BCUT2D eigenvalue weighted by Gasteiger charge is 2.43. The SMILES string of the molecule is COC(=O)NC(C)C(=O)N1CCC[C@H]1c1ncc(-c2ccc(-c3ccc(-c4cnc([C@@H]5Cc6cccc7c6N5C(=O)[C@@H](NC(=O)OC)CC7)[nH]4)cc3F)cc2)[nH]1. The number of hydrogen-bond acceptors (Lipinski definition) is 8. The summed E-state index contributed by atoms with van der Waals surface area (Å²) in [6, 6.07) is 16.3. The summed E-state index contributed by atoms with van der Waals surface area (Å²) >= 11 is 0. The van der Waals surface area contributed by atoms with E-state index in [1.54, 1.807) is 35.2 Å². The van der Waals surface area contributed by atoms with Crippen molar-refractivity contribution in [3.8, 4) is 33.6 Å². The smallest absolute Gasteiger partial charge is 0.407 e. The molecule has 5 heterocycles. The van der Waals surface area contributed by atoms with Gasteiger partial charge in [-0.1, -0.05) is 54.6 Å². The Morgan fingerprint density at radius 2 is 1.52 bits per heavy atom. The number of benzene rings is 3. The Balaban J connectivity index is 0.971. The molecule has 56 heavy (non-hydrogen) atoms. The predicted molar refractivity (Wildman–Crippen MR) is 204 cm³/mol. The Bertz CT molecular complexity index is 2320. The van der Waals surface area contributed by atoms with Gasteiger partial charge in [0.25, 0.3) is 0 Å². The highest BCUT2D eigenvalue weighted by molar-refractivity contribution is 6.02. The van der Waals surface area contributed by atoms with Crippen LogP contribution in [0.4, 0.5) is 19.7 Å². The largest absolute Gasteiger partial charge is 0.453 e. The number of methoxy groups -OCH3 is 2. The number of carbonyl (C=O) groups excluding carboxylic acids is 4. The highest BCUT2D eigenvalue weighted by atomic mass is 19.1. The van der Waals surface area contributed by atoms with Gasteiger partial charge in [0, 0.05) is 24.1 Å². The zero-order valence-electron chi connectivity index (χ0n) is 31.1. The number of H-pyrrole nitrogens is 2. The van der Waals surface area contributed by atoms with Crippen LogP contribution < -0.4 is 15.5 Å². The van der Waals surface area contributed by atoms with Crippen LogP contribution in [0.5, 0.6) is 0 Å². The van der Waals surface area contributed by atoms with Crippen LogP contribution in [0, 0.1) is 5.82 Å². The van der Waals surface area contributed by atoms with E-state index in [1.165, 1.54) is 20.3 Å². The van der Waals surface area contributed by atoms with Gasteiger partial charge in [-0.25, -0.2) is 23.9 Å². The zero-order valence-corrected chi connectivity index (χ0v) is 31.1. The fourth-order valence-electron chi connectivity index (χ4n) is 8.10. The number of ether oxygens (including phenoxy) is 2. The monoisotopic (exact) mass is 760 g/mol. The third-order valence-corrected chi connectivity index (χ3v) is 10.9. The Hall–Kier alpha value is -6.51. The van der Waals surface area contributed by atoms with Crippen molar-refractivity contribution in [1.29, 1.82) is 0 Å². The van der Waals surface area contributed by atoms with E-state index in [0.29, 0.717) is 59.8 Å². The number of aromatic nitrogens is 4. The summed E-state index contributed by atoms with van der Waals surface area (Å²) in [5.41, 5.74) is 6.86. The molecule has 3 aliphatic heterocycles. The number of carbonyl (C=O) groups is 4. The maximum Gasteiger partial charge on any atom is 0.407 e. The molecule has 0 bridgehead atoms. The number of aromatic amines is 2. The molecule has 8 rings (SSSR count). The maximum atomic E-state index is 15.8. The quantitative estimate of drug-likeness (QED) is 0.149. The van der Waals surface area contributed by atoms with E-state index in [9.17, 15) is 19.2 Å². The molecule has 4 amide bonds. The lowest BCUT2D eigenvalue weighted by atomic mass is 10.0. The van der Waals surface area contributed by atoms with Crippen molar-refractivity contribution in [1.82, 2.24) is 35.5 Å². The number of halogens is 1. The van der Waals surface area contributed by atoms with Crippen LogP contribution in [0.25, 0.3) is 33.6 Å². The first-order chi connectivity index (χ1) is 27.1. The fourth-order valence-corrected chi connectivity index (χ4v) is 8.10. The Labute approximate surface area is 321 Å². The molecular formula is C41H41FN8O6. The number of nitrogens with zero attached hydrogens (tertiary/aromatic N) is 4. The lowest BCUT2D eigenvalue weighted by molar-refractivity contribution is -0.134. The van der Waals surface area contributed by atoms with E-state index < -0.39 is 36.1 Å². The van der Waals surface area contributed by atoms with Gasteiger partial charge >= 0.3 is 12.2 Å². The number of hydrogen-bond donors (Lipinski definition) is 4. The second-order valence-electron chi connectivity index (χ2n) is 14.3. The second kappa shape index (κ2) is 15.0. The van der Waals surface area contributed by atoms with Gasteiger partial charge in [0.1, 0.15) is 29.5 Å². The van der Waals surface area contributed by atoms with Gasteiger partial charge in [0.2, 0.25) is 11.8 Å². The van der Waals surface area contributed by atoms with Crippen molar-refractivity contribution in [3.63, 3.8) is 0 Å². The van der Waals surface area contributed by atoms with Gasteiger partial charge in [-0.05, 0) is 60.9 Å². The Kier molecular flexibility index (Phi) is 9.74. The first-order valence-electron chi connectivity index (χ1n) is 18.6. The number of alkyl carbamates (subject to hydrolysis) is 2. The average Bonchev–Trinajstić information content (AvgIpc) is 4.04. The van der Waals surface area contributed by atoms with Crippen LogP contribution in [0.2, 0.25) is 0 Å². The molecule has 1 saturated heterocycles. The van der Waals surface area contributed by atoms with Crippen LogP contribution in [0.15, 0.2) is 73.1 Å².